The van der Waals surface area contributed by atoms with E-state index < -0.39 is 0 Å². The average Bonchev–Trinajstić information content (AvgIpc) is 2.41. The van der Waals surface area contributed by atoms with E-state index in [-0.39, 0.29) is 29.7 Å². The Bertz CT molecular complexity index is 365. The van der Waals surface area contributed by atoms with Gasteiger partial charge in [0, 0.05) is 44.9 Å². The Hall–Kier alpha value is -1.59. The van der Waals surface area contributed by atoms with Crippen LogP contribution in [0.25, 0.3) is 0 Å². The van der Waals surface area contributed by atoms with Gasteiger partial charge in [-0.05, 0) is 19.3 Å². The molecule has 2 fully saturated rings. The lowest BCUT2D eigenvalue weighted by Crippen LogP contribution is -2.50. The number of carbonyl (C=O) groups is 3. The minimum Gasteiger partial charge on any atom is -0.354 e. The molecule has 0 spiro atoms. The van der Waals surface area contributed by atoms with E-state index in [2.05, 4.69) is 10.6 Å². The number of carbonyl (C=O) groups excluding carboxylic acids is 3. The molecule has 0 saturated carbocycles. The number of likely N-dealkylation sites (tertiary alicyclic amines) is 1. The lowest BCUT2D eigenvalue weighted by molar-refractivity contribution is -0.134. The lowest BCUT2D eigenvalue weighted by atomic mass is 9.95. The summed E-state index contributed by atoms with van der Waals surface area (Å²) in [6.45, 7) is 3.41. The van der Waals surface area contributed by atoms with E-state index in [1.54, 1.807) is 11.8 Å². The molecule has 1 unspecified atom stereocenters. The van der Waals surface area contributed by atoms with Gasteiger partial charge in [0.05, 0.1) is 0 Å². The molecule has 2 rings (SSSR count). The molecule has 0 aromatic rings. The predicted octanol–water partition coefficient (Wildman–Crippen LogP) is -0.360. The molecule has 3 amide bonds. The SMILES string of the molecule is CC(=O)N1CCC(C(=O)NC2CCC(=O)NC2)CC1. The number of nitrogens with one attached hydrogen (secondary N) is 2. The zero-order valence-electron chi connectivity index (χ0n) is 11.3. The summed E-state index contributed by atoms with van der Waals surface area (Å²) >= 11 is 0. The summed E-state index contributed by atoms with van der Waals surface area (Å²) in [5.74, 6) is 0.187. The molecule has 106 valence electrons. The molecule has 1 atom stereocenters. The van der Waals surface area contributed by atoms with Crippen LogP contribution >= 0.6 is 0 Å². The average molecular weight is 267 g/mol. The maximum atomic E-state index is 12.1. The zero-order chi connectivity index (χ0) is 13.8. The maximum absolute atomic E-state index is 12.1. The second-order valence-corrected chi connectivity index (χ2v) is 5.33. The van der Waals surface area contributed by atoms with Crippen molar-refractivity contribution in [2.24, 2.45) is 5.92 Å². The first-order chi connectivity index (χ1) is 9.06. The normalized spacial score (nSPS) is 24.8. The van der Waals surface area contributed by atoms with Gasteiger partial charge < -0.3 is 15.5 Å². The van der Waals surface area contributed by atoms with Gasteiger partial charge in [-0.2, -0.15) is 0 Å². The van der Waals surface area contributed by atoms with Gasteiger partial charge in [0.2, 0.25) is 17.7 Å². The van der Waals surface area contributed by atoms with E-state index in [9.17, 15) is 14.4 Å². The second kappa shape index (κ2) is 6.04. The summed E-state index contributed by atoms with van der Waals surface area (Å²) in [7, 11) is 0. The van der Waals surface area contributed by atoms with E-state index in [1.807, 2.05) is 0 Å². The third-order valence-corrected chi connectivity index (χ3v) is 3.92. The Balaban J connectivity index is 1.75. The first kappa shape index (κ1) is 13.8. The number of rotatable bonds is 2. The van der Waals surface area contributed by atoms with Crippen molar-refractivity contribution in [2.75, 3.05) is 19.6 Å². The fourth-order valence-corrected chi connectivity index (χ4v) is 2.63. The number of hydrogen-bond acceptors (Lipinski definition) is 3. The first-order valence-electron chi connectivity index (χ1n) is 6.89. The van der Waals surface area contributed by atoms with Crippen LogP contribution in [0.4, 0.5) is 0 Å². The zero-order valence-corrected chi connectivity index (χ0v) is 11.3. The largest absolute Gasteiger partial charge is 0.354 e. The Kier molecular flexibility index (Phi) is 4.39. The van der Waals surface area contributed by atoms with Gasteiger partial charge in [-0.3, -0.25) is 14.4 Å². The van der Waals surface area contributed by atoms with Crippen molar-refractivity contribution in [1.82, 2.24) is 15.5 Å². The van der Waals surface area contributed by atoms with E-state index in [0.29, 0.717) is 32.5 Å². The van der Waals surface area contributed by atoms with Crippen molar-refractivity contribution < 1.29 is 14.4 Å². The molecule has 0 bridgehead atoms. The lowest BCUT2D eigenvalue weighted by Gasteiger charge is -2.32. The number of hydrogen-bond donors (Lipinski definition) is 2. The van der Waals surface area contributed by atoms with E-state index in [1.165, 1.54) is 0 Å². The third-order valence-electron chi connectivity index (χ3n) is 3.92. The molecule has 2 N–H and O–H groups in total. The molecule has 19 heavy (non-hydrogen) atoms. The topological polar surface area (TPSA) is 78.5 Å². The highest BCUT2D eigenvalue weighted by Gasteiger charge is 2.28. The van der Waals surface area contributed by atoms with Crippen molar-refractivity contribution in [2.45, 2.75) is 38.6 Å². The molecule has 0 aromatic heterocycles. The van der Waals surface area contributed by atoms with Crippen LogP contribution in [-0.4, -0.2) is 48.3 Å². The molecule has 0 aromatic carbocycles. The second-order valence-electron chi connectivity index (χ2n) is 5.33. The van der Waals surface area contributed by atoms with Gasteiger partial charge >= 0.3 is 0 Å². The van der Waals surface area contributed by atoms with Crippen LogP contribution < -0.4 is 10.6 Å². The molecule has 2 aliphatic rings. The van der Waals surface area contributed by atoms with Crippen molar-refractivity contribution in [1.29, 1.82) is 0 Å². The highest BCUT2D eigenvalue weighted by atomic mass is 16.2. The van der Waals surface area contributed by atoms with Gasteiger partial charge in [-0.25, -0.2) is 0 Å². The Morgan fingerprint density at radius 3 is 2.47 bits per heavy atom. The Morgan fingerprint density at radius 1 is 1.26 bits per heavy atom. The molecule has 2 heterocycles. The highest BCUT2D eigenvalue weighted by molar-refractivity contribution is 5.81. The summed E-state index contributed by atoms with van der Waals surface area (Å²) in [5.41, 5.74) is 0. The predicted molar refractivity (Wildman–Crippen MR) is 69.2 cm³/mol. The molecule has 2 saturated heterocycles. The quantitative estimate of drug-likeness (QED) is 0.717. The van der Waals surface area contributed by atoms with Gasteiger partial charge in [0.1, 0.15) is 0 Å². The third kappa shape index (κ3) is 3.68. The van der Waals surface area contributed by atoms with Crippen molar-refractivity contribution in [3.05, 3.63) is 0 Å². The smallest absolute Gasteiger partial charge is 0.223 e. The molecule has 2 aliphatic heterocycles. The summed E-state index contributed by atoms with van der Waals surface area (Å²) in [5, 5.41) is 5.75. The summed E-state index contributed by atoms with van der Waals surface area (Å²) in [6.07, 6.45) is 2.65. The van der Waals surface area contributed by atoms with Crippen LogP contribution in [0.5, 0.6) is 0 Å². The van der Waals surface area contributed by atoms with Crippen LogP contribution in [-0.2, 0) is 14.4 Å². The molecular formula is C13H21N3O3. The van der Waals surface area contributed by atoms with E-state index >= 15 is 0 Å². The van der Waals surface area contributed by atoms with Crippen molar-refractivity contribution >= 4 is 17.7 Å². The summed E-state index contributed by atoms with van der Waals surface area (Å²) < 4.78 is 0. The molecular weight excluding hydrogens is 246 g/mol. The molecule has 6 nitrogen and oxygen atoms in total. The highest BCUT2D eigenvalue weighted by Crippen LogP contribution is 2.18. The van der Waals surface area contributed by atoms with Crippen LogP contribution in [0.15, 0.2) is 0 Å². The van der Waals surface area contributed by atoms with Crippen LogP contribution in [0.3, 0.4) is 0 Å². The molecule has 6 heteroatoms. The maximum Gasteiger partial charge on any atom is 0.223 e. The van der Waals surface area contributed by atoms with Crippen LogP contribution in [0.2, 0.25) is 0 Å². The summed E-state index contributed by atoms with van der Waals surface area (Å²) in [4.78, 5) is 36.1. The van der Waals surface area contributed by atoms with Crippen molar-refractivity contribution in [3.63, 3.8) is 0 Å². The molecule has 0 aliphatic carbocycles. The van der Waals surface area contributed by atoms with Crippen molar-refractivity contribution in [3.8, 4) is 0 Å². The Morgan fingerprint density at radius 2 is 1.95 bits per heavy atom. The fraction of sp³-hybridized carbons (Fsp3) is 0.769. The van der Waals surface area contributed by atoms with Crippen LogP contribution in [0.1, 0.15) is 32.6 Å². The van der Waals surface area contributed by atoms with Crippen LogP contribution in [0, 0.1) is 5.92 Å². The van der Waals surface area contributed by atoms with Gasteiger partial charge in [-0.15, -0.1) is 0 Å². The van der Waals surface area contributed by atoms with Gasteiger partial charge in [0.25, 0.3) is 0 Å². The number of piperidine rings is 2. The first-order valence-corrected chi connectivity index (χ1v) is 6.89. The minimum absolute atomic E-state index is 0.00627. The number of nitrogens with zero attached hydrogens (tertiary/aromatic N) is 1. The Labute approximate surface area is 112 Å². The minimum atomic E-state index is -0.00627. The van der Waals surface area contributed by atoms with E-state index in [4.69, 9.17) is 0 Å². The molecule has 0 radical (unpaired) electrons. The van der Waals surface area contributed by atoms with Gasteiger partial charge in [-0.1, -0.05) is 0 Å². The monoisotopic (exact) mass is 267 g/mol. The van der Waals surface area contributed by atoms with Gasteiger partial charge in [0.15, 0.2) is 0 Å². The summed E-state index contributed by atoms with van der Waals surface area (Å²) in [6, 6.07) is 0.0519. The fourth-order valence-electron chi connectivity index (χ4n) is 2.63. The standard InChI is InChI=1S/C13H21N3O3/c1-9(17)16-6-4-10(5-7-16)13(19)15-11-2-3-12(18)14-8-11/h10-11H,2-8H2,1H3,(H,14,18)(H,15,19). The number of amides is 3. The van der Waals surface area contributed by atoms with E-state index in [0.717, 1.165) is 12.8 Å².